The van der Waals surface area contributed by atoms with Crippen molar-refractivity contribution in [3.05, 3.63) is 59.5 Å². The van der Waals surface area contributed by atoms with E-state index in [1.165, 1.54) is 23.5 Å². The first-order chi connectivity index (χ1) is 13.6. The molecule has 2 aromatic heterocycles. The van der Waals surface area contributed by atoms with Crippen LogP contribution in [-0.2, 0) is 0 Å². The van der Waals surface area contributed by atoms with Crippen LogP contribution in [0.1, 0.15) is 16.1 Å². The van der Waals surface area contributed by atoms with Gasteiger partial charge in [-0.3, -0.25) is 4.79 Å². The Morgan fingerprint density at radius 3 is 2.93 bits per heavy atom. The summed E-state index contributed by atoms with van der Waals surface area (Å²) in [7, 11) is 0. The molecule has 0 saturated heterocycles. The SMILES string of the molecule is Cc1cc(NC(=O)c2ccc3c(c2)OCO3)n(-c2nc3ccc(F)cc3s2)n1. The van der Waals surface area contributed by atoms with E-state index >= 15 is 0 Å². The lowest BCUT2D eigenvalue weighted by atomic mass is 10.2. The summed E-state index contributed by atoms with van der Waals surface area (Å²) in [5.74, 6) is 0.978. The molecule has 5 rings (SSSR count). The number of nitrogens with one attached hydrogen (secondary N) is 1. The Kier molecular flexibility index (Phi) is 3.76. The van der Waals surface area contributed by atoms with Crippen molar-refractivity contribution in [3.63, 3.8) is 0 Å². The summed E-state index contributed by atoms with van der Waals surface area (Å²) in [6.07, 6.45) is 0. The number of benzene rings is 2. The Morgan fingerprint density at radius 1 is 1.18 bits per heavy atom. The van der Waals surface area contributed by atoms with Crippen molar-refractivity contribution in [2.75, 3.05) is 12.1 Å². The average molecular weight is 396 g/mol. The summed E-state index contributed by atoms with van der Waals surface area (Å²) in [5.41, 5.74) is 1.81. The van der Waals surface area contributed by atoms with Gasteiger partial charge in [0.15, 0.2) is 11.5 Å². The molecule has 0 saturated carbocycles. The minimum absolute atomic E-state index is 0.143. The fourth-order valence-corrected chi connectivity index (χ4v) is 3.89. The number of ether oxygens (including phenoxy) is 2. The van der Waals surface area contributed by atoms with Gasteiger partial charge >= 0.3 is 0 Å². The Balaban J connectivity index is 1.48. The number of carbonyl (C=O) groups excluding carboxylic acids is 1. The minimum atomic E-state index is -0.323. The van der Waals surface area contributed by atoms with Crippen molar-refractivity contribution in [2.24, 2.45) is 0 Å². The quantitative estimate of drug-likeness (QED) is 0.568. The molecule has 0 aliphatic carbocycles. The third-order valence-corrected chi connectivity index (χ3v) is 5.22. The van der Waals surface area contributed by atoms with E-state index in [9.17, 15) is 9.18 Å². The summed E-state index contributed by atoms with van der Waals surface area (Å²) >= 11 is 1.29. The molecule has 7 nitrogen and oxygen atoms in total. The molecule has 0 radical (unpaired) electrons. The molecule has 3 heterocycles. The molecule has 140 valence electrons. The first kappa shape index (κ1) is 16.7. The lowest BCUT2D eigenvalue weighted by molar-refractivity contribution is 0.102. The van der Waals surface area contributed by atoms with Crippen molar-refractivity contribution in [3.8, 4) is 16.6 Å². The van der Waals surface area contributed by atoms with Gasteiger partial charge in [-0.1, -0.05) is 11.3 Å². The highest BCUT2D eigenvalue weighted by molar-refractivity contribution is 7.20. The highest BCUT2D eigenvalue weighted by Crippen LogP contribution is 2.33. The van der Waals surface area contributed by atoms with Gasteiger partial charge in [0.2, 0.25) is 11.9 Å². The summed E-state index contributed by atoms with van der Waals surface area (Å²) in [6, 6.07) is 11.1. The lowest BCUT2D eigenvalue weighted by Crippen LogP contribution is -2.15. The summed E-state index contributed by atoms with van der Waals surface area (Å²) in [5, 5.41) is 7.80. The standard InChI is InChI=1S/C19H13FN4O3S/c1-10-6-17(22-18(25)11-2-5-14-15(7-11)27-9-26-14)24(23-10)19-21-13-4-3-12(20)8-16(13)28-19/h2-8H,9H2,1H3,(H,22,25). The number of anilines is 1. The van der Waals surface area contributed by atoms with E-state index < -0.39 is 0 Å². The molecule has 1 aliphatic rings. The zero-order valence-corrected chi connectivity index (χ0v) is 15.4. The van der Waals surface area contributed by atoms with Gasteiger partial charge in [-0.05, 0) is 43.3 Å². The van der Waals surface area contributed by atoms with Crippen LogP contribution >= 0.6 is 11.3 Å². The van der Waals surface area contributed by atoms with Gasteiger partial charge in [0, 0.05) is 11.6 Å². The zero-order valence-electron chi connectivity index (χ0n) is 14.6. The predicted molar refractivity (Wildman–Crippen MR) is 102 cm³/mol. The number of carbonyl (C=O) groups is 1. The van der Waals surface area contributed by atoms with E-state index in [0.29, 0.717) is 43.9 Å². The van der Waals surface area contributed by atoms with E-state index in [1.807, 2.05) is 6.92 Å². The van der Waals surface area contributed by atoms with Crippen LogP contribution in [-0.4, -0.2) is 27.5 Å². The van der Waals surface area contributed by atoms with Crippen LogP contribution in [0.15, 0.2) is 42.5 Å². The maximum atomic E-state index is 13.5. The Morgan fingerprint density at radius 2 is 2.04 bits per heavy atom. The monoisotopic (exact) mass is 396 g/mol. The van der Waals surface area contributed by atoms with Gasteiger partial charge in [-0.15, -0.1) is 0 Å². The maximum Gasteiger partial charge on any atom is 0.256 e. The van der Waals surface area contributed by atoms with E-state index in [0.717, 1.165) is 0 Å². The van der Waals surface area contributed by atoms with Crippen LogP contribution in [0.3, 0.4) is 0 Å². The van der Waals surface area contributed by atoms with E-state index in [1.54, 1.807) is 35.0 Å². The van der Waals surface area contributed by atoms with Crippen molar-refractivity contribution in [1.29, 1.82) is 0 Å². The molecule has 1 aliphatic heterocycles. The van der Waals surface area contributed by atoms with Gasteiger partial charge in [0.05, 0.1) is 15.9 Å². The lowest BCUT2D eigenvalue weighted by Gasteiger charge is -2.07. The number of nitrogens with zero attached hydrogens (tertiary/aromatic N) is 3. The van der Waals surface area contributed by atoms with Crippen molar-refractivity contribution in [2.45, 2.75) is 6.92 Å². The van der Waals surface area contributed by atoms with Crippen LogP contribution < -0.4 is 14.8 Å². The molecule has 1 N–H and O–H groups in total. The number of halogens is 1. The highest BCUT2D eigenvalue weighted by Gasteiger charge is 2.19. The summed E-state index contributed by atoms with van der Waals surface area (Å²) < 4.78 is 26.3. The van der Waals surface area contributed by atoms with Gasteiger partial charge in [0.1, 0.15) is 11.6 Å². The topological polar surface area (TPSA) is 78.3 Å². The number of aryl methyl sites for hydroxylation is 1. The fourth-order valence-electron chi connectivity index (χ4n) is 2.94. The Bertz CT molecular complexity index is 1230. The number of thiazole rings is 1. The number of hydrogen-bond donors (Lipinski definition) is 1. The molecule has 1 amide bonds. The smallest absolute Gasteiger partial charge is 0.256 e. The van der Waals surface area contributed by atoms with E-state index in [4.69, 9.17) is 9.47 Å². The normalized spacial score (nSPS) is 12.5. The molecular formula is C19H13FN4O3S. The highest BCUT2D eigenvalue weighted by atomic mass is 32.1. The van der Waals surface area contributed by atoms with Crippen LogP contribution in [0.25, 0.3) is 15.3 Å². The number of aromatic nitrogens is 3. The van der Waals surface area contributed by atoms with Crippen molar-refractivity contribution in [1.82, 2.24) is 14.8 Å². The van der Waals surface area contributed by atoms with Crippen LogP contribution in [0, 0.1) is 12.7 Å². The molecule has 0 unspecified atom stereocenters. The molecule has 2 aromatic carbocycles. The van der Waals surface area contributed by atoms with Gasteiger partial charge < -0.3 is 14.8 Å². The first-order valence-electron chi connectivity index (χ1n) is 8.41. The molecule has 4 aromatic rings. The maximum absolute atomic E-state index is 13.5. The zero-order chi connectivity index (χ0) is 19.3. The molecule has 0 bridgehead atoms. The van der Waals surface area contributed by atoms with Gasteiger partial charge in [0.25, 0.3) is 5.91 Å². The molecule has 0 spiro atoms. The van der Waals surface area contributed by atoms with Crippen LogP contribution in [0.5, 0.6) is 11.5 Å². The third kappa shape index (κ3) is 2.85. The molecular weight excluding hydrogens is 383 g/mol. The predicted octanol–water partition coefficient (Wildman–Crippen LogP) is 3.91. The minimum Gasteiger partial charge on any atom is -0.454 e. The van der Waals surface area contributed by atoms with Crippen molar-refractivity contribution < 1.29 is 18.7 Å². The fraction of sp³-hybridized carbons (Fsp3) is 0.105. The van der Waals surface area contributed by atoms with Crippen LogP contribution in [0.4, 0.5) is 10.2 Å². The summed E-state index contributed by atoms with van der Waals surface area (Å²) in [4.78, 5) is 17.2. The number of amides is 1. The molecule has 0 fully saturated rings. The largest absolute Gasteiger partial charge is 0.454 e. The molecule has 0 atom stereocenters. The van der Waals surface area contributed by atoms with Gasteiger partial charge in [-0.2, -0.15) is 9.78 Å². The molecule has 28 heavy (non-hydrogen) atoms. The second-order valence-corrected chi connectivity index (χ2v) is 7.22. The van der Waals surface area contributed by atoms with Gasteiger partial charge in [-0.25, -0.2) is 9.37 Å². The third-order valence-electron chi connectivity index (χ3n) is 4.23. The average Bonchev–Trinajstić information content (AvgIpc) is 3.38. The Labute approximate surface area is 162 Å². The number of hydrogen-bond acceptors (Lipinski definition) is 6. The number of fused-ring (bicyclic) bond motifs is 2. The van der Waals surface area contributed by atoms with E-state index in [-0.39, 0.29) is 18.5 Å². The molecule has 9 heteroatoms. The first-order valence-corrected chi connectivity index (χ1v) is 9.22. The Hall–Kier alpha value is -3.46. The second kappa shape index (κ2) is 6.31. The summed E-state index contributed by atoms with van der Waals surface area (Å²) in [6.45, 7) is 1.96. The van der Waals surface area contributed by atoms with Crippen molar-refractivity contribution >= 4 is 33.3 Å². The van der Waals surface area contributed by atoms with Crippen LogP contribution in [0.2, 0.25) is 0 Å². The number of rotatable bonds is 3. The second-order valence-electron chi connectivity index (χ2n) is 6.21. The van der Waals surface area contributed by atoms with E-state index in [2.05, 4.69) is 15.4 Å².